The van der Waals surface area contributed by atoms with Crippen LogP contribution in [-0.2, 0) is 4.79 Å². The second kappa shape index (κ2) is 4.90. The van der Waals surface area contributed by atoms with Crippen molar-refractivity contribution in [3.63, 3.8) is 0 Å². The van der Waals surface area contributed by atoms with Gasteiger partial charge in [0.1, 0.15) is 6.04 Å². The zero-order chi connectivity index (χ0) is 12.3. The first-order chi connectivity index (χ1) is 7.43. The summed E-state index contributed by atoms with van der Waals surface area (Å²) < 4.78 is 0. The van der Waals surface area contributed by atoms with Crippen molar-refractivity contribution in [1.82, 2.24) is 4.90 Å². The van der Waals surface area contributed by atoms with Gasteiger partial charge in [-0.1, -0.05) is 18.2 Å². The Morgan fingerprint density at radius 1 is 1.31 bits per heavy atom. The van der Waals surface area contributed by atoms with Crippen LogP contribution in [0.2, 0.25) is 0 Å². The quantitative estimate of drug-likeness (QED) is 0.769. The van der Waals surface area contributed by atoms with Crippen LogP contribution in [0.3, 0.4) is 0 Å². The summed E-state index contributed by atoms with van der Waals surface area (Å²) in [7, 11) is 3.55. The van der Waals surface area contributed by atoms with Crippen LogP contribution in [0.25, 0.3) is 0 Å². The monoisotopic (exact) mass is 220 g/mol. The molecule has 0 saturated carbocycles. The minimum Gasteiger partial charge on any atom is -0.368 e. The van der Waals surface area contributed by atoms with Gasteiger partial charge < -0.3 is 5.73 Å². The maximum absolute atomic E-state index is 11.3. The Kier molecular flexibility index (Phi) is 3.79. The number of nitrogens with two attached hydrogens (primary N) is 1. The van der Waals surface area contributed by atoms with Crippen LogP contribution >= 0.6 is 0 Å². The number of carbonyl (C=O) groups excluding carboxylic acids is 2. The number of Topliss-reactive ketones (excluding diaryl/α,β-unsaturated/α-hetero) is 1. The van der Waals surface area contributed by atoms with Gasteiger partial charge in [0.25, 0.3) is 0 Å². The van der Waals surface area contributed by atoms with E-state index in [1.54, 1.807) is 43.3 Å². The van der Waals surface area contributed by atoms with Gasteiger partial charge in [-0.3, -0.25) is 14.5 Å². The number of hydrogen-bond donors (Lipinski definition) is 1. The first-order valence-corrected chi connectivity index (χ1v) is 5.00. The molecule has 0 radical (unpaired) electrons. The molecule has 1 aromatic carbocycles. The average molecular weight is 220 g/mol. The SMILES string of the molecule is CC(=O)c1cccc(C(C(N)=O)N(C)C)c1. The van der Waals surface area contributed by atoms with E-state index in [-0.39, 0.29) is 5.78 Å². The molecule has 1 atom stereocenters. The summed E-state index contributed by atoms with van der Waals surface area (Å²) in [6.45, 7) is 1.49. The Morgan fingerprint density at radius 2 is 1.94 bits per heavy atom. The molecule has 2 N–H and O–H groups in total. The van der Waals surface area contributed by atoms with Gasteiger partial charge in [-0.15, -0.1) is 0 Å². The zero-order valence-corrected chi connectivity index (χ0v) is 9.73. The van der Waals surface area contributed by atoms with E-state index in [4.69, 9.17) is 5.73 Å². The lowest BCUT2D eigenvalue weighted by molar-refractivity contribution is -0.122. The Balaban J connectivity index is 3.15. The van der Waals surface area contributed by atoms with Crippen LogP contribution in [0.15, 0.2) is 24.3 Å². The number of rotatable bonds is 4. The van der Waals surface area contributed by atoms with E-state index in [1.807, 2.05) is 0 Å². The molecule has 1 amide bonds. The Morgan fingerprint density at radius 3 is 2.38 bits per heavy atom. The third kappa shape index (κ3) is 2.67. The zero-order valence-electron chi connectivity index (χ0n) is 9.73. The van der Waals surface area contributed by atoms with E-state index >= 15 is 0 Å². The molecule has 0 fully saturated rings. The molecule has 0 spiro atoms. The summed E-state index contributed by atoms with van der Waals surface area (Å²) in [5, 5.41) is 0. The van der Waals surface area contributed by atoms with Gasteiger partial charge in [0.2, 0.25) is 5.91 Å². The number of nitrogens with zero attached hydrogens (tertiary/aromatic N) is 1. The van der Waals surface area contributed by atoms with Crippen LogP contribution in [0.5, 0.6) is 0 Å². The van der Waals surface area contributed by atoms with Crippen LogP contribution < -0.4 is 5.73 Å². The van der Waals surface area contributed by atoms with Crippen molar-refractivity contribution >= 4 is 11.7 Å². The molecule has 0 saturated heterocycles. The molecule has 4 nitrogen and oxygen atoms in total. The largest absolute Gasteiger partial charge is 0.368 e. The fourth-order valence-corrected chi connectivity index (χ4v) is 1.64. The molecule has 0 heterocycles. The topological polar surface area (TPSA) is 63.4 Å². The van der Waals surface area contributed by atoms with Crippen LogP contribution in [0.1, 0.15) is 28.9 Å². The Labute approximate surface area is 95.0 Å². The van der Waals surface area contributed by atoms with Gasteiger partial charge in [0.05, 0.1) is 0 Å². The summed E-state index contributed by atoms with van der Waals surface area (Å²) in [5.41, 5.74) is 6.66. The first-order valence-electron chi connectivity index (χ1n) is 5.00. The van der Waals surface area contributed by atoms with Gasteiger partial charge in [-0.05, 0) is 32.6 Å². The number of likely N-dealkylation sites (N-methyl/N-ethyl adjacent to an activating group) is 1. The van der Waals surface area contributed by atoms with Crippen LogP contribution in [-0.4, -0.2) is 30.7 Å². The van der Waals surface area contributed by atoms with Gasteiger partial charge >= 0.3 is 0 Å². The number of hydrogen-bond acceptors (Lipinski definition) is 3. The van der Waals surface area contributed by atoms with Crippen molar-refractivity contribution in [2.75, 3.05) is 14.1 Å². The highest BCUT2D eigenvalue weighted by atomic mass is 16.1. The summed E-state index contributed by atoms with van der Waals surface area (Å²) in [5.74, 6) is -0.450. The maximum Gasteiger partial charge on any atom is 0.239 e. The van der Waals surface area contributed by atoms with Gasteiger partial charge in [0.15, 0.2) is 5.78 Å². The van der Waals surface area contributed by atoms with Gasteiger partial charge in [0, 0.05) is 5.56 Å². The second-order valence-corrected chi connectivity index (χ2v) is 3.95. The van der Waals surface area contributed by atoms with Gasteiger partial charge in [-0.2, -0.15) is 0 Å². The minimum atomic E-state index is -0.501. The van der Waals surface area contributed by atoms with E-state index in [2.05, 4.69) is 0 Å². The number of amides is 1. The molecule has 0 aromatic heterocycles. The molecule has 86 valence electrons. The molecule has 4 heteroatoms. The predicted molar refractivity (Wildman–Crippen MR) is 62.1 cm³/mol. The maximum atomic E-state index is 11.3. The molecule has 0 aliphatic carbocycles. The number of ketones is 1. The Hall–Kier alpha value is -1.68. The highest BCUT2D eigenvalue weighted by molar-refractivity contribution is 5.94. The normalized spacial score (nSPS) is 12.5. The van der Waals surface area contributed by atoms with Crippen molar-refractivity contribution in [1.29, 1.82) is 0 Å². The summed E-state index contributed by atoms with van der Waals surface area (Å²) in [4.78, 5) is 24.3. The smallest absolute Gasteiger partial charge is 0.239 e. The van der Waals surface area contributed by atoms with Crippen LogP contribution in [0, 0.1) is 0 Å². The third-order valence-corrected chi connectivity index (χ3v) is 2.39. The predicted octanol–water partition coefficient (Wildman–Crippen LogP) is 0.977. The lowest BCUT2D eigenvalue weighted by atomic mass is 10.0. The standard InChI is InChI=1S/C12H16N2O2/c1-8(15)9-5-4-6-10(7-9)11(12(13)16)14(2)3/h4-7,11H,1-3H3,(H2,13,16). The fourth-order valence-electron chi connectivity index (χ4n) is 1.64. The van der Waals surface area contributed by atoms with E-state index in [0.29, 0.717) is 5.56 Å². The summed E-state index contributed by atoms with van der Waals surface area (Å²) in [6, 6.07) is 6.48. The van der Waals surface area contributed by atoms with Crippen molar-refractivity contribution in [3.8, 4) is 0 Å². The molecular formula is C12H16N2O2. The van der Waals surface area contributed by atoms with Crippen molar-refractivity contribution in [2.45, 2.75) is 13.0 Å². The number of primary amides is 1. The molecule has 1 unspecified atom stereocenters. The fraction of sp³-hybridized carbons (Fsp3) is 0.333. The molecule has 0 aliphatic heterocycles. The molecule has 1 rings (SSSR count). The molecule has 0 aliphatic rings. The minimum absolute atomic E-state index is 0.0242. The van der Waals surface area contributed by atoms with E-state index < -0.39 is 11.9 Å². The second-order valence-electron chi connectivity index (χ2n) is 3.95. The molecular weight excluding hydrogens is 204 g/mol. The lowest BCUT2D eigenvalue weighted by Crippen LogP contribution is -2.32. The van der Waals surface area contributed by atoms with Crippen molar-refractivity contribution in [3.05, 3.63) is 35.4 Å². The van der Waals surface area contributed by atoms with Crippen molar-refractivity contribution in [2.24, 2.45) is 5.73 Å². The van der Waals surface area contributed by atoms with E-state index in [0.717, 1.165) is 5.56 Å². The van der Waals surface area contributed by atoms with E-state index in [9.17, 15) is 9.59 Å². The lowest BCUT2D eigenvalue weighted by Gasteiger charge is -2.21. The summed E-state index contributed by atoms with van der Waals surface area (Å²) in [6.07, 6.45) is 0. The van der Waals surface area contributed by atoms with Gasteiger partial charge in [-0.25, -0.2) is 0 Å². The third-order valence-electron chi connectivity index (χ3n) is 2.39. The highest BCUT2D eigenvalue weighted by Crippen LogP contribution is 2.19. The molecule has 16 heavy (non-hydrogen) atoms. The van der Waals surface area contributed by atoms with Crippen molar-refractivity contribution < 1.29 is 9.59 Å². The number of carbonyl (C=O) groups is 2. The summed E-state index contributed by atoms with van der Waals surface area (Å²) >= 11 is 0. The first kappa shape index (κ1) is 12.4. The number of benzene rings is 1. The molecule has 1 aromatic rings. The Bertz CT molecular complexity index is 413. The van der Waals surface area contributed by atoms with Crippen LogP contribution in [0.4, 0.5) is 0 Å². The molecule has 0 bridgehead atoms. The average Bonchev–Trinajstić information content (AvgIpc) is 2.16. The van der Waals surface area contributed by atoms with E-state index in [1.165, 1.54) is 6.92 Å². The highest BCUT2D eigenvalue weighted by Gasteiger charge is 2.20.